The number of hydrogen-bond donors (Lipinski definition) is 2. The van der Waals surface area contributed by atoms with Gasteiger partial charge in [0, 0.05) is 12.8 Å². The van der Waals surface area contributed by atoms with Crippen molar-refractivity contribution < 1.29 is 19.4 Å². The quantitative estimate of drug-likeness (QED) is 0.797. The molecule has 2 aromatic rings. The molecule has 2 rings (SSSR count). The van der Waals surface area contributed by atoms with Gasteiger partial charge in [0.15, 0.2) is 5.69 Å². The van der Waals surface area contributed by atoms with E-state index in [0.29, 0.717) is 0 Å². The van der Waals surface area contributed by atoms with Crippen LogP contribution in [-0.4, -0.2) is 39.1 Å². The Morgan fingerprint density at radius 2 is 2.09 bits per heavy atom. The summed E-state index contributed by atoms with van der Waals surface area (Å²) in [4.78, 5) is 23.3. The van der Waals surface area contributed by atoms with Crippen LogP contribution in [0, 0.1) is 0 Å². The monoisotopic (exact) mass is 318 g/mol. The van der Waals surface area contributed by atoms with Gasteiger partial charge < -0.3 is 15.2 Å². The summed E-state index contributed by atoms with van der Waals surface area (Å²) in [6.07, 6.45) is 0.790. The van der Waals surface area contributed by atoms with E-state index in [0.717, 1.165) is 17.7 Å². The molecule has 0 aliphatic carbocycles. The molecule has 122 valence electrons. The van der Waals surface area contributed by atoms with Gasteiger partial charge in [-0.1, -0.05) is 30.3 Å². The first-order valence-corrected chi connectivity index (χ1v) is 7.09. The van der Waals surface area contributed by atoms with Gasteiger partial charge >= 0.3 is 5.97 Å². The van der Waals surface area contributed by atoms with Crippen molar-refractivity contribution in [3.05, 3.63) is 41.2 Å². The first-order valence-electron chi connectivity index (χ1n) is 7.09. The topological polar surface area (TPSA) is 106 Å². The number of aromatic nitrogens is 3. The van der Waals surface area contributed by atoms with E-state index in [1.165, 1.54) is 11.8 Å². The van der Waals surface area contributed by atoms with Crippen molar-refractivity contribution >= 4 is 17.6 Å². The number of carboxylic acid groups (broad SMARTS) is 1. The summed E-state index contributed by atoms with van der Waals surface area (Å²) >= 11 is 0. The van der Waals surface area contributed by atoms with Gasteiger partial charge in [0.2, 0.25) is 5.91 Å². The van der Waals surface area contributed by atoms with E-state index in [9.17, 15) is 9.59 Å². The zero-order chi connectivity index (χ0) is 16.8. The van der Waals surface area contributed by atoms with Gasteiger partial charge in [-0.2, -0.15) is 0 Å². The number of nitrogens with zero attached hydrogens (tertiary/aromatic N) is 3. The van der Waals surface area contributed by atoms with Crippen LogP contribution in [0.2, 0.25) is 0 Å². The second kappa shape index (κ2) is 7.50. The second-order valence-electron chi connectivity index (χ2n) is 4.84. The molecular weight excluding hydrogens is 300 g/mol. The fourth-order valence-electron chi connectivity index (χ4n) is 2.18. The van der Waals surface area contributed by atoms with E-state index in [-0.39, 0.29) is 30.4 Å². The Kier molecular flexibility index (Phi) is 5.42. The SMILES string of the molecule is CCc1ccccc1NC(=O)Cn1nnc(C(=O)O)c1COC. The molecule has 23 heavy (non-hydrogen) atoms. The van der Waals surface area contributed by atoms with E-state index >= 15 is 0 Å². The van der Waals surface area contributed by atoms with Crippen LogP contribution in [0.25, 0.3) is 0 Å². The summed E-state index contributed by atoms with van der Waals surface area (Å²) in [6.45, 7) is 1.86. The maximum Gasteiger partial charge on any atom is 0.358 e. The van der Waals surface area contributed by atoms with Gasteiger partial charge in [0.25, 0.3) is 0 Å². The maximum absolute atomic E-state index is 12.2. The van der Waals surface area contributed by atoms with Gasteiger partial charge in [0.05, 0.1) is 12.3 Å². The third-order valence-electron chi connectivity index (χ3n) is 3.29. The number of anilines is 1. The van der Waals surface area contributed by atoms with Crippen LogP contribution in [0.4, 0.5) is 5.69 Å². The lowest BCUT2D eigenvalue weighted by atomic mass is 10.1. The van der Waals surface area contributed by atoms with Crippen LogP contribution in [0.1, 0.15) is 28.7 Å². The number of carbonyl (C=O) groups excluding carboxylic acids is 1. The fourth-order valence-corrected chi connectivity index (χ4v) is 2.18. The van der Waals surface area contributed by atoms with Crippen LogP contribution < -0.4 is 5.32 Å². The average Bonchev–Trinajstić information content (AvgIpc) is 2.91. The highest BCUT2D eigenvalue weighted by molar-refractivity contribution is 5.91. The van der Waals surface area contributed by atoms with E-state index in [2.05, 4.69) is 15.6 Å². The summed E-state index contributed by atoms with van der Waals surface area (Å²) in [5.41, 5.74) is 1.78. The zero-order valence-corrected chi connectivity index (χ0v) is 12.9. The van der Waals surface area contributed by atoms with Crippen molar-refractivity contribution in [1.29, 1.82) is 0 Å². The number of ether oxygens (including phenoxy) is 1. The van der Waals surface area contributed by atoms with Crippen molar-refractivity contribution in [2.45, 2.75) is 26.5 Å². The zero-order valence-electron chi connectivity index (χ0n) is 12.9. The highest BCUT2D eigenvalue weighted by Crippen LogP contribution is 2.15. The Labute approximate surface area is 133 Å². The highest BCUT2D eigenvalue weighted by Gasteiger charge is 2.20. The summed E-state index contributed by atoms with van der Waals surface area (Å²) in [7, 11) is 1.43. The molecular formula is C15H18N4O4. The summed E-state index contributed by atoms with van der Waals surface area (Å²) < 4.78 is 6.19. The Hall–Kier alpha value is -2.74. The molecule has 1 aromatic heterocycles. The molecule has 1 heterocycles. The lowest BCUT2D eigenvalue weighted by Crippen LogP contribution is -2.22. The van der Waals surface area contributed by atoms with Crippen LogP contribution in [0.5, 0.6) is 0 Å². The third-order valence-corrected chi connectivity index (χ3v) is 3.29. The van der Waals surface area contributed by atoms with E-state index in [1.807, 2.05) is 31.2 Å². The number of aromatic carboxylic acids is 1. The predicted molar refractivity (Wildman–Crippen MR) is 82.1 cm³/mol. The van der Waals surface area contributed by atoms with Crippen molar-refractivity contribution in [1.82, 2.24) is 15.0 Å². The van der Waals surface area contributed by atoms with Crippen LogP contribution in [0.15, 0.2) is 24.3 Å². The van der Waals surface area contributed by atoms with E-state index < -0.39 is 5.97 Å². The number of rotatable bonds is 7. The summed E-state index contributed by atoms with van der Waals surface area (Å²) in [6, 6.07) is 7.49. The molecule has 0 bridgehead atoms. The molecule has 0 spiro atoms. The lowest BCUT2D eigenvalue weighted by molar-refractivity contribution is -0.117. The van der Waals surface area contributed by atoms with Crippen molar-refractivity contribution in [2.24, 2.45) is 0 Å². The fraction of sp³-hybridized carbons (Fsp3) is 0.333. The summed E-state index contributed by atoms with van der Waals surface area (Å²) in [5, 5.41) is 19.2. The number of hydrogen-bond acceptors (Lipinski definition) is 5. The van der Waals surface area contributed by atoms with Crippen molar-refractivity contribution in [2.75, 3.05) is 12.4 Å². The van der Waals surface area contributed by atoms with Crippen LogP contribution in [0.3, 0.4) is 0 Å². The third kappa shape index (κ3) is 3.92. The maximum atomic E-state index is 12.2. The molecule has 8 heteroatoms. The number of nitrogens with one attached hydrogen (secondary N) is 1. The van der Waals surface area contributed by atoms with Crippen LogP contribution >= 0.6 is 0 Å². The molecule has 0 aliphatic rings. The van der Waals surface area contributed by atoms with E-state index in [4.69, 9.17) is 9.84 Å². The largest absolute Gasteiger partial charge is 0.476 e. The molecule has 2 N–H and O–H groups in total. The Morgan fingerprint density at radius 1 is 1.35 bits per heavy atom. The van der Waals surface area contributed by atoms with Gasteiger partial charge in [0.1, 0.15) is 6.54 Å². The molecule has 1 amide bonds. The summed E-state index contributed by atoms with van der Waals surface area (Å²) in [5.74, 6) is -1.52. The Morgan fingerprint density at radius 3 is 2.74 bits per heavy atom. The number of benzene rings is 1. The minimum absolute atomic E-state index is 0.00740. The minimum atomic E-state index is -1.21. The Balaban J connectivity index is 2.15. The number of methoxy groups -OCH3 is 1. The van der Waals surface area contributed by atoms with Gasteiger partial charge in [-0.05, 0) is 18.1 Å². The first kappa shape index (κ1) is 16.6. The molecule has 0 fully saturated rings. The molecule has 0 atom stereocenters. The van der Waals surface area contributed by atoms with Gasteiger partial charge in [-0.25, -0.2) is 9.48 Å². The smallest absolute Gasteiger partial charge is 0.358 e. The minimum Gasteiger partial charge on any atom is -0.476 e. The molecule has 0 radical (unpaired) electrons. The average molecular weight is 318 g/mol. The van der Waals surface area contributed by atoms with Crippen molar-refractivity contribution in [3.8, 4) is 0 Å². The standard InChI is InChI=1S/C15H18N4O4/c1-3-10-6-4-5-7-11(10)16-13(20)8-19-12(9-23-2)14(15(21)22)17-18-19/h4-7H,3,8-9H2,1-2H3,(H,16,20)(H,21,22). The van der Waals surface area contributed by atoms with Gasteiger partial charge in [-0.3, -0.25) is 4.79 Å². The number of para-hydroxylation sites is 1. The molecule has 0 unspecified atom stereocenters. The lowest BCUT2D eigenvalue weighted by Gasteiger charge is -2.10. The molecule has 8 nitrogen and oxygen atoms in total. The van der Waals surface area contributed by atoms with Gasteiger partial charge in [-0.15, -0.1) is 5.10 Å². The number of aryl methyl sites for hydroxylation is 1. The van der Waals surface area contributed by atoms with Crippen LogP contribution in [-0.2, 0) is 29.1 Å². The van der Waals surface area contributed by atoms with E-state index in [1.54, 1.807) is 0 Å². The first-order chi connectivity index (χ1) is 11.1. The number of carbonyl (C=O) groups is 2. The highest BCUT2D eigenvalue weighted by atomic mass is 16.5. The molecule has 0 saturated heterocycles. The second-order valence-corrected chi connectivity index (χ2v) is 4.84. The predicted octanol–water partition coefficient (Wildman–Crippen LogP) is 1.32. The Bertz CT molecular complexity index is 711. The number of carboxylic acids is 1. The molecule has 1 aromatic carbocycles. The van der Waals surface area contributed by atoms with Crippen molar-refractivity contribution in [3.63, 3.8) is 0 Å². The molecule has 0 saturated carbocycles. The molecule has 0 aliphatic heterocycles. The normalized spacial score (nSPS) is 10.5. The number of amides is 1.